The van der Waals surface area contributed by atoms with Gasteiger partial charge < -0.3 is 9.32 Å². The summed E-state index contributed by atoms with van der Waals surface area (Å²) in [4.78, 5) is 9.44. The number of Topliss-reactive ketones (excluding diaryl/α,β-unsaturated/α-hetero) is 1. The van der Waals surface area contributed by atoms with Crippen molar-refractivity contribution in [1.82, 2.24) is 0 Å². The number of hydrogen-bond donors (Lipinski definition) is 0. The number of hydrogen-bond acceptors (Lipinski definition) is 5. The molecule has 0 aliphatic heterocycles. The number of ketones is 1. The molecule has 0 saturated heterocycles. The highest BCUT2D eigenvalue weighted by molar-refractivity contribution is 7.89. The molecule has 0 unspecified atom stereocenters. The van der Waals surface area contributed by atoms with Crippen molar-refractivity contribution >= 4 is 23.0 Å². The summed E-state index contributed by atoms with van der Waals surface area (Å²) in [6, 6.07) is 0. The van der Waals surface area contributed by atoms with Crippen LogP contribution in [0.25, 0.3) is 0 Å². The summed E-state index contributed by atoms with van der Waals surface area (Å²) < 4.78 is 34.1. The summed E-state index contributed by atoms with van der Waals surface area (Å²) in [5, 5.41) is 0. The molecule has 0 atom stereocenters. The Balaban J connectivity index is -0.0000000296. The molecule has 0 radical (unpaired) electrons. The lowest BCUT2D eigenvalue weighted by atomic mass is 10.3. The molecule has 0 saturated carbocycles. The molecule has 0 spiro atoms. The Morgan fingerprint density at radius 1 is 0.848 bits per heavy atom. The van der Waals surface area contributed by atoms with Gasteiger partial charge in [-0.05, 0) is 80.9 Å². The molecule has 0 aromatic carbocycles. The largest absolute Gasteiger partial charge is 0.332 e. The van der Waals surface area contributed by atoms with Gasteiger partial charge in [-0.3, -0.25) is 4.57 Å². The van der Waals surface area contributed by atoms with E-state index < -0.39 is 17.2 Å². The molecule has 0 heterocycles. The Bertz CT molecular complexity index is 667. The molecule has 33 heavy (non-hydrogen) atoms. The maximum absolute atomic E-state index is 10.4. The number of carbonyl (C=O) groups excluding carboxylic acids is 1. The molecule has 5 nitrogen and oxygen atoms in total. The van der Waals surface area contributed by atoms with E-state index in [1.165, 1.54) is 32.1 Å². The fourth-order valence-corrected chi connectivity index (χ4v) is 0.289. The van der Waals surface area contributed by atoms with Crippen LogP contribution in [0.4, 0.5) is 0 Å². The van der Waals surface area contributed by atoms with Crippen LogP contribution in [0.3, 0.4) is 0 Å². The lowest BCUT2D eigenvalue weighted by Gasteiger charge is -1.98. The van der Waals surface area contributed by atoms with Crippen molar-refractivity contribution in [2.24, 2.45) is 0 Å². The molecule has 0 amide bonds. The predicted octanol–water partition coefficient (Wildman–Crippen LogP) is 8.46. The second kappa shape index (κ2) is 40.9. The van der Waals surface area contributed by atoms with Gasteiger partial charge in [-0.15, -0.1) is 17.6 Å². The van der Waals surface area contributed by atoms with Crippen molar-refractivity contribution in [2.45, 2.75) is 91.5 Å². The van der Waals surface area contributed by atoms with Gasteiger partial charge in [0, 0.05) is 33.0 Å². The molecular weight excluding hydrogens is 455 g/mol. The first kappa shape index (κ1) is 57.9. The van der Waals surface area contributed by atoms with Crippen molar-refractivity contribution in [2.75, 3.05) is 33.0 Å². The minimum Gasteiger partial charge on any atom is -0.332 e. The number of sulfone groups is 1. The van der Waals surface area contributed by atoms with Crippen molar-refractivity contribution in [1.29, 1.82) is 0 Å². The maximum Gasteiger partial charge on any atom is 0.196 e. The first-order valence-corrected chi connectivity index (χ1v) is 14.1. The van der Waals surface area contributed by atoms with Crippen LogP contribution in [0.5, 0.6) is 0 Å². The molecule has 0 aliphatic carbocycles. The Labute approximate surface area is 210 Å². The Morgan fingerprint density at radius 2 is 1.03 bits per heavy atom. The van der Waals surface area contributed by atoms with Gasteiger partial charge in [0.1, 0.15) is 15.6 Å². The molecule has 0 aliphatic rings. The summed E-state index contributed by atoms with van der Waals surface area (Å²) >= 11 is 0. The summed E-state index contributed by atoms with van der Waals surface area (Å²) in [6.07, 6.45) is 6.31. The van der Waals surface area contributed by atoms with Crippen LogP contribution in [0.2, 0.25) is 0 Å². The lowest BCUT2D eigenvalue weighted by molar-refractivity contribution is -0.115. The van der Waals surface area contributed by atoms with Crippen LogP contribution in [0, 0.1) is 11.8 Å². The van der Waals surface area contributed by atoms with Gasteiger partial charge in [0.2, 0.25) is 0 Å². The first-order chi connectivity index (χ1) is 13.2. The van der Waals surface area contributed by atoms with Crippen LogP contribution in [-0.2, 0) is 23.7 Å². The quantitative estimate of drug-likeness (QED) is 0.152. The lowest BCUT2D eigenvalue weighted by Crippen LogP contribution is -1.86. The van der Waals surface area contributed by atoms with E-state index in [-0.39, 0.29) is 28.1 Å². The smallest absolute Gasteiger partial charge is 0.196 e. The zero-order valence-electron chi connectivity index (χ0n) is 22.1. The summed E-state index contributed by atoms with van der Waals surface area (Å²) in [5.74, 6) is 5.53. The molecule has 0 bridgehead atoms. The average Bonchev–Trinajstić information content (AvgIpc) is 2.53. The van der Waals surface area contributed by atoms with Crippen LogP contribution in [-0.4, -0.2) is 47.2 Å². The third kappa shape index (κ3) is 431. The third-order valence-corrected chi connectivity index (χ3v) is 2.58. The van der Waals surface area contributed by atoms with Crippen LogP contribution in [0.15, 0.2) is 29.0 Å². The topological polar surface area (TPSA) is 77.5 Å². The van der Waals surface area contributed by atoms with Crippen molar-refractivity contribution in [3.05, 3.63) is 29.0 Å². The molecular formula is C26H59O5PS. The third-order valence-electron chi connectivity index (χ3n) is 1.70. The number of allylic oxidation sites excluding steroid dienone is 3. The number of carbonyl (C=O) groups is 1. The predicted molar refractivity (Wildman–Crippen MR) is 157 cm³/mol. The second-order valence-corrected chi connectivity index (χ2v) is 11.9. The Morgan fingerprint density at radius 3 is 1.03 bits per heavy atom. The molecule has 204 valence electrons. The first-order valence-electron chi connectivity index (χ1n) is 9.25. The van der Waals surface area contributed by atoms with Crippen LogP contribution >= 0.6 is 7.37 Å². The minimum absolute atomic E-state index is 0. The summed E-state index contributed by atoms with van der Waals surface area (Å²) in [6.45, 7) is 22.1. The molecule has 0 rings (SSSR count). The monoisotopic (exact) mass is 514 g/mol. The van der Waals surface area contributed by atoms with E-state index in [4.69, 9.17) is 0 Å². The van der Waals surface area contributed by atoms with E-state index in [2.05, 4.69) is 42.0 Å². The van der Waals surface area contributed by atoms with Gasteiger partial charge in [-0.1, -0.05) is 33.9 Å². The zero-order valence-corrected chi connectivity index (χ0v) is 23.8. The highest BCUT2D eigenvalue weighted by Crippen LogP contribution is 2.35. The Hall–Kier alpha value is -1.37. The molecule has 0 N–H and O–H groups in total. The van der Waals surface area contributed by atoms with Gasteiger partial charge >= 0.3 is 0 Å². The standard InChI is InChI=1S/C6H10.C5H10.C4H6.C3H9O2P.C3H6O.C2H6O2S.3CH4/c1-4-5-6(2)3;1-4-5(2)3;1-3-4-2;1-5-6(2,3)4;1-3(2)4;1-5(2,3)4;;;/h4H,1-3H3;4H,1-3H3;1-2H3;1-3H3;1-2H3;1-2H3;3*1H4. The van der Waals surface area contributed by atoms with Gasteiger partial charge in [0.05, 0.1) is 0 Å². The average molecular weight is 515 g/mol. The van der Waals surface area contributed by atoms with Crippen LogP contribution < -0.4 is 0 Å². The number of rotatable bonds is 1. The van der Waals surface area contributed by atoms with Crippen LogP contribution in [0.1, 0.15) is 91.5 Å². The zero-order chi connectivity index (χ0) is 26.0. The van der Waals surface area contributed by atoms with E-state index in [0.717, 1.165) is 12.5 Å². The maximum atomic E-state index is 10.4. The van der Waals surface area contributed by atoms with Crippen molar-refractivity contribution < 1.29 is 22.3 Å². The van der Waals surface area contributed by atoms with Crippen molar-refractivity contribution in [3.8, 4) is 11.8 Å². The normalized spacial score (nSPS) is 7.36. The Kier molecular flexibility index (Phi) is 71.9. The summed E-state index contributed by atoms with van der Waals surface area (Å²) in [5.41, 5.74) is 5.61. The fourth-order valence-electron chi connectivity index (χ4n) is 0.289. The van der Waals surface area contributed by atoms with E-state index in [1.54, 1.807) is 13.3 Å². The van der Waals surface area contributed by atoms with E-state index >= 15 is 0 Å². The van der Waals surface area contributed by atoms with Gasteiger partial charge in [-0.25, -0.2) is 8.42 Å². The SMILES string of the molecule is C.C.C.CC#CC.CC(C)=O.CC=C(C)C.CC=C=C(C)C.COP(C)(C)=O.CS(C)(=O)=O. The fraction of sp³-hybridized carbons (Fsp3) is 0.692. The molecule has 0 fully saturated rings. The molecule has 7 heteroatoms. The van der Waals surface area contributed by atoms with Gasteiger partial charge in [0.25, 0.3) is 0 Å². The van der Waals surface area contributed by atoms with Gasteiger partial charge in [0.15, 0.2) is 7.37 Å². The van der Waals surface area contributed by atoms with Gasteiger partial charge in [-0.2, -0.15) is 0 Å². The minimum atomic E-state index is -2.67. The highest BCUT2D eigenvalue weighted by Gasteiger charge is 1.99. The van der Waals surface area contributed by atoms with E-state index in [0.29, 0.717) is 0 Å². The highest BCUT2D eigenvalue weighted by atomic mass is 32.2. The molecule has 0 aromatic heterocycles. The van der Waals surface area contributed by atoms with Crippen molar-refractivity contribution in [3.63, 3.8) is 0 Å². The van der Waals surface area contributed by atoms with E-state index in [1.807, 2.05) is 47.6 Å². The second-order valence-electron chi connectivity index (χ2n) is 6.78. The summed E-state index contributed by atoms with van der Waals surface area (Å²) in [7, 11) is -3.37. The molecule has 0 aromatic rings. The van der Waals surface area contributed by atoms with E-state index in [9.17, 15) is 17.8 Å².